The number of rotatable bonds is 4. The summed E-state index contributed by atoms with van der Waals surface area (Å²) in [5.74, 6) is -1.53. The van der Waals surface area contributed by atoms with Crippen molar-refractivity contribution in [3.63, 3.8) is 0 Å². The molecule has 0 aromatic heterocycles. The second-order valence-electron chi connectivity index (χ2n) is 5.62. The molecular formula is C15H22F2N2. The van der Waals surface area contributed by atoms with Crippen LogP contribution in [-0.4, -0.2) is 30.1 Å². The molecular weight excluding hydrogens is 246 g/mol. The number of piperidine rings is 1. The predicted octanol–water partition coefficient (Wildman–Crippen LogP) is 2.93. The first-order chi connectivity index (χ1) is 9.04. The molecule has 0 atom stereocenters. The number of hydrogen-bond donors (Lipinski definition) is 1. The summed E-state index contributed by atoms with van der Waals surface area (Å²) < 4.78 is 26.0. The van der Waals surface area contributed by atoms with Crippen molar-refractivity contribution in [3.05, 3.63) is 35.4 Å². The number of nitrogens with zero attached hydrogens (tertiary/aromatic N) is 1. The van der Waals surface area contributed by atoms with Gasteiger partial charge >= 0.3 is 0 Å². The Morgan fingerprint density at radius 2 is 1.89 bits per heavy atom. The van der Waals surface area contributed by atoms with Gasteiger partial charge in [-0.2, -0.15) is 0 Å². The van der Waals surface area contributed by atoms with Gasteiger partial charge in [-0.15, -0.1) is 0 Å². The van der Waals surface area contributed by atoms with Crippen molar-refractivity contribution in [2.75, 3.05) is 13.1 Å². The van der Waals surface area contributed by atoms with Gasteiger partial charge in [-0.1, -0.05) is 19.9 Å². The lowest BCUT2D eigenvalue weighted by Crippen LogP contribution is -2.44. The topological polar surface area (TPSA) is 15.3 Å². The summed E-state index contributed by atoms with van der Waals surface area (Å²) in [7, 11) is 0. The largest absolute Gasteiger partial charge is 0.312 e. The summed E-state index contributed by atoms with van der Waals surface area (Å²) in [5.41, 5.74) is 0.842. The SMILES string of the molecule is CC(C)NC1CCN(Cc2ccc(F)c(F)c2)CC1. The molecule has 0 saturated carbocycles. The minimum atomic E-state index is -0.774. The third kappa shape index (κ3) is 4.25. The fourth-order valence-corrected chi connectivity index (χ4v) is 2.63. The second-order valence-corrected chi connectivity index (χ2v) is 5.62. The van der Waals surface area contributed by atoms with Gasteiger partial charge in [0.25, 0.3) is 0 Å². The monoisotopic (exact) mass is 268 g/mol. The van der Waals surface area contributed by atoms with E-state index in [2.05, 4.69) is 24.1 Å². The summed E-state index contributed by atoms with van der Waals surface area (Å²) in [6.45, 7) is 7.03. The minimum absolute atomic E-state index is 0.516. The number of hydrogen-bond acceptors (Lipinski definition) is 2. The highest BCUT2D eigenvalue weighted by Gasteiger charge is 2.19. The Bertz CT molecular complexity index is 413. The molecule has 19 heavy (non-hydrogen) atoms. The molecule has 0 spiro atoms. The van der Waals surface area contributed by atoms with E-state index in [4.69, 9.17) is 0 Å². The van der Waals surface area contributed by atoms with Crippen LogP contribution in [0.5, 0.6) is 0 Å². The van der Waals surface area contributed by atoms with Gasteiger partial charge in [0.05, 0.1) is 0 Å². The molecule has 1 N–H and O–H groups in total. The summed E-state index contributed by atoms with van der Waals surface area (Å²) >= 11 is 0. The first-order valence-electron chi connectivity index (χ1n) is 6.97. The molecule has 1 aromatic rings. The first kappa shape index (κ1) is 14.4. The smallest absolute Gasteiger partial charge is 0.159 e. The third-order valence-electron chi connectivity index (χ3n) is 3.55. The van der Waals surface area contributed by atoms with Crippen LogP contribution in [0.1, 0.15) is 32.3 Å². The fourth-order valence-electron chi connectivity index (χ4n) is 2.63. The van der Waals surface area contributed by atoms with Gasteiger partial charge in [0.1, 0.15) is 0 Å². The van der Waals surface area contributed by atoms with Crippen molar-refractivity contribution in [1.82, 2.24) is 10.2 Å². The molecule has 4 heteroatoms. The number of benzene rings is 1. The zero-order valence-corrected chi connectivity index (χ0v) is 11.6. The molecule has 1 heterocycles. The quantitative estimate of drug-likeness (QED) is 0.903. The molecule has 1 aliphatic rings. The normalized spacial score (nSPS) is 18.2. The van der Waals surface area contributed by atoms with E-state index in [1.54, 1.807) is 6.07 Å². The number of halogens is 2. The average Bonchev–Trinajstić information content (AvgIpc) is 2.36. The van der Waals surface area contributed by atoms with E-state index in [-0.39, 0.29) is 0 Å². The zero-order valence-electron chi connectivity index (χ0n) is 11.6. The van der Waals surface area contributed by atoms with Gasteiger partial charge in [0, 0.05) is 18.6 Å². The van der Waals surface area contributed by atoms with E-state index in [9.17, 15) is 8.78 Å². The van der Waals surface area contributed by atoms with Crippen LogP contribution in [0.15, 0.2) is 18.2 Å². The van der Waals surface area contributed by atoms with Crippen LogP contribution in [0, 0.1) is 11.6 Å². The Hall–Kier alpha value is -1.00. The van der Waals surface area contributed by atoms with E-state index in [1.807, 2.05) is 0 Å². The summed E-state index contributed by atoms with van der Waals surface area (Å²) in [6.07, 6.45) is 2.23. The van der Waals surface area contributed by atoms with Crippen molar-refractivity contribution >= 4 is 0 Å². The molecule has 2 rings (SSSR count). The van der Waals surface area contributed by atoms with Crippen molar-refractivity contribution in [3.8, 4) is 0 Å². The van der Waals surface area contributed by atoms with Gasteiger partial charge in [-0.3, -0.25) is 4.90 Å². The minimum Gasteiger partial charge on any atom is -0.312 e. The number of nitrogens with one attached hydrogen (secondary N) is 1. The van der Waals surface area contributed by atoms with E-state index >= 15 is 0 Å². The summed E-state index contributed by atoms with van der Waals surface area (Å²) in [5, 5.41) is 3.55. The van der Waals surface area contributed by atoms with Crippen molar-refractivity contribution in [2.24, 2.45) is 0 Å². The average molecular weight is 268 g/mol. The number of likely N-dealkylation sites (tertiary alicyclic amines) is 1. The van der Waals surface area contributed by atoms with Crippen LogP contribution in [0.4, 0.5) is 8.78 Å². The molecule has 0 unspecified atom stereocenters. The fraction of sp³-hybridized carbons (Fsp3) is 0.600. The molecule has 1 saturated heterocycles. The van der Waals surface area contributed by atoms with Gasteiger partial charge in [0.2, 0.25) is 0 Å². The van der Waals surface area contributed by atoms with Crippen LogP contribution in [-0.2, 0) is 6.54 Å². The maximum Gasteiger partial charge on any atom is 0.159 e. The Morgan fingerprint density at radius 1 is 1.21 bits per heavy atom. The lowest BCUT2D eigenvalue weighted by molar-refractivity contribution is 0.186. The second kappa shape index (κ2) is 6.44. The Morgan fingerprint density at radius 3 is 2.47 bits per heavy atom. The summed E-state index contributed by atoms with van der Waals surface area (Å²) in [4.78, 5) is 2.30. The van der Waals surface area contributed by atoms with Crippen molar-refractivity contribution < 1.29 is 8.78 Å². The molecule has 1 fully saturated rings. The Kier molecular flexibility index (Phi) is 4.88. The molecule has 0 amide bonds. The zero-order chi connectivity index (χ0) is 13.8. The van der Waals surface area contributed by atoms with Crippen molar-refractivity contribution in [1.29, 1.82) is 0 Å². The standard InChI is InChI=1S/C15H22F2N2/c1-11(2)18-13-5-7-19(8-6-13)10-12-3-4-14(16)15(17)9-12/h3-4,9,11,13,18H,5-8,10H2,1-2H3. The molecule has 0 radical (unpaired) electrons. The van der Waals surface area contributed by atoms with E-state index in [0.717, 1.165) is 31.5 Å². The van der Waals surface area contributed by atoms with Crippen LogP contribution >= 0.6 is 0 Å². The van der Waals surface area contributed by atoms with Crippen LogP contribution < -0.4 is 5.32 Å². The van der Waals surface area contributed by atoms with Gasteiger partial charge in [-0.25, -0.2) is 8.78 Å². The van der Waals surface area contributed by atoms with Gasteiger partial charge < -0.3 is 5.32 Å². The predicted molar refractivity (Wildman–Crippen MR) is 72.9 cm³/mol. The third-order valence-corrected chi connectivity index (χ3v) is 3.55. The highest BCUT2D eigenvalue weighted by Crippen LogP contribution is 2.16. The molecule has 2 nitrogen and oxygen atoms in total. The van der Waals surface area contributed by atoms with Crippen LogP contribution in [0.25, 0.3) is 0 Å². The maximum absolute atomic E-state index is 13.1. The van der Waals surface area contributed by atoms with Gasteiger partial charge in [-0.05, 0) is 43.6 Å². The highest BCUT2D eigenvalue weighted by molar-refractivity contribution is 5.17. The Labute approximate surface area is 113 Å². The highest BCUT2D eigenvalue weighted by atomic mass is 19.2. The van der Waals surface area contributed by atoms with Gasteiger partial charge in [0.15, 0.2) is 11.6 Å². The van der Waals surface area contributed by atoms with Crippen LogP contribution in [0.2, 0.25) is 0 Å². The van der Waals surface area contributed by atoms with Crippen LogP contribution in [0.3, 0.4) is 0 Å². The Balaban J connectivity index is 1.83. The molecule has 0 aliphatic carbocycles. The molecule has 1 aromatic carbocycles. The lowest BCUT2D eigenvalue weighted by Gasteiger charge is -2.33. The maximum atomic E-state index is 13.1. The lowest BCUT2D eigenvalue weighted by atomic mass is 10.0. The molecule has 1 aliphatic heterocycles. The van der Waals surface area contributed by atoms with Crippen molar-refractivity contribution in [2.45, 2.75) is 45.3 Å². The summed E-state index contributed by atoms with van der Waals surface area (Å²) in [6, 6.07) is 5.27. The van der Waals surface area contributed by atoms with E-state index < -0.39 is 11.6 Å². The molecule has 106 valence electrons. The molecule has 0 bridgehead atoms. The van der Waals surface area contributed by atoms with E-state index in [1.165, 1.54) is 12.1 Å². The first-order valence-corrected chi connectivity index (χ1v) is 6.97. The van der Waals surface area contributed by atoms with E-state index in [0.29, 0.717) is 18.6 Å².